The highest BCUT2D eigenvalue weighted by Crippen LogP contribution is 2.34. The molecule has 158 valence electrons. The van der Waals surface area contributed by atoms with E-state index in [0.29, 0.717) is 24.3 Å². The summed E-state index contributed by atoms with van der Waals surface area (Å²) >= 11 is 0. The lowest BCUT2D eigenvalue weighted by Crippen LogP contribution is -2.32. The molecule has 0 aromatic heterocycles. The van der Waals surface area contributed by atoms with E-state index in [1.54, 1.807) is 37.3 Å². The lowest BCUT2D eigenvalue weighted by atomic mass is 9.87. The van der Waals surface area contributed by atoms with Crippen LogP contribution in [0.5, 0.6) is 11.5 Å². The van der Waals surface area contributed by atoms with Gasteiger partial charge in [0.05, 0.1) is 6.42 Å². The number of benzene rings is 2. The molecule has 0 amide bonds. The number of hydrogen-bond acceptors (Lipinski definition) is 4. The second-order valence-electron chi connectivity index (χ2n) is 6.36. The highest BCUT2D eigenvalue weighted by molar-refractivity contribution is 5.68. The van der Waals surface area contributed by atoms with Crippen LogP contribution in [-0.2, 0) is 21.7 Å². The first-order valence-corrected chi connectivity index (χ1v) is 9.11. The molecule has 0 spiro atoms. The van der Waals surface area contributed by atoms with Gasteiger partial charge in [-0.1, -0.05) is 31.2 Å². The van der Waals surface area contributed by atoms with Crippen LogP contribution in [0.1, 0.15) is 37.8 Å². The summed E-state index contributed by atoms with van der Waals surface area (Å²) in [6, 6.07) is 12.4. The van der Waals surface area contributed by atoms with E-state index >= 15 is 0 Å². The van der Waals surface area contributed by atoms with Crippen molar-refractivity contribution in [2.24, 2.45) is 0 Å². The number of carbonyl (C=O) groups is 1. The van der Waals surface area contributed by atoms with Crippen molar-refractivity contribution in [1.29, 1.82) is 0 Å². The van der Waals surface area contributed by atoms with Gasteiger partial charge in [0.15, 0.2) is 0 Å². The molecule has 0 radical (unpaired) electrons. The minimum Gasteiger partial charge on any atom is -0.489 e. The molecule has 0 saturated carbocycles. The molecular weight excluding hydrogens is 389 g/mol. The van der Waals surface area contributed by atoms with Gasteiger partial charge in [-0.2, -0.15) is 0 Å². The SMILES string of the molecule is CCOC(CC)(CC(=O)O)c1ccc(OCc2cccc(OC(F)(F)F)c2)cc1. The number of alkyl halides is 3. The smallest absolute Gasteiger partial charge is 0.489 e. The minimum absolute atomic E-state index is 0.0495. The summed E-state index contributed by atoms with van der Waals surface area (Å²) in [5.74, 6) is -0.777. The lowest BCUT2D eigenvalue weighted by Gasteiger charge is -2.32. The summed E-state index contributed by atoms with van der Waals surface area (Å²) in [7, 11) is 0. The molecule has 1 unspecified atom stereocenters. The predicted octanol–water partition coefficient (Wildman–Crippen LogP) is 5.28. The maximum absolute atomic E-state index is 12.3. The average Bonchev–Trinajstić information content (AvgIpc) is 2.65. The predicted molar refractivity (Wildman–Crippen MR) is 99.7 cm³/mol. The molecule has 0 heterocycles. The van der Waals surface area contributed by atoms with Crippen LogP contribution in [0, 0.1) is 0 Å². The Morgan fingerprint density at radius 2 is 1.72 bits per heavy atom. The van der Waals surface area contributed by atoms with E-state index in [4.69, 9.17) is 9.47 Å². The number of carboxylic acids is 1. The van der Waals surface area contributed by atoms with E-state index < -0.39 is 17.9 Å². The Bertz CT molecular complexity index is 805. The molecule has 2 rings (SSSR count). The van der Waals surface area contributed by atoms with Gasteiger partial charge >= 0.3 is 12.3 Å². The zero-order valence-corrected chi connectivity index (χ0v) is 16.2. The van der Waals surface area contributed by atoms with Crippen molar-refractivity contribution < 1.29 is 37.3 Å². The van der Waals surface area contributed by atoms with Gasteiger partial charge in [0.25, 0.3) is 0 Å². The van der Waals surface area contributed by atoms with Crippen LogP contribution in [-0.4, -0.2) is 24.0 Å². The topological polar surface area (TPSA) is 65.0 Å². The molecule has 1 atom stereocenters. The van der Waals surface area contributed by atoms with Gasteiger partial charge in [0, 0.05) is 6.61 Å². The summed E-state index contributed by atoms with van der Waals surface area (Å²) in [6.07, 6.45) is -4.43. The highest BCUT2D eigenvalue weighted by atomic mass is 19.4. The van der Waals surface area contributed by atoms with E-state index in [9.17, 15) is 23.1 Å². The lowest BCUT2D eigenvalue weighted by molar-refractivity contribution is -0.274. The van der Waals surface area contributed by atoms with Crippen LogP contribution < -0.4 is 9.47 Å². The van der Waals surface area contributed by atoms with Crippen molar-refractivity contribution >= 4 is 5.97 Å². The Morgan fingerprint density at radius 3 is 2.28 bits per heavy atom. The minimum atomic E-state index is -4.75. The Kier molecular flexibility index (Phi) is 7.50. The molecule has 2 aromatic carbocycles. The fourth-order valence-corrected chi connectivity index (χ4v) is 3.04. The van der Waals surface area contributed by atoms with Gasteiger partial charge < -0.3 is 19.3 Å². The van der Waals surface area contributed by atoms with E-state index in [2.05, 4.69) is 4.74 Å². The number of aliphatic carboxylic acids is 1. The zero-order chi connectivity index (χ0) is 21.5. The first-order valence-electron chi connectivity index (χ1n) is 9.11. The number of hydrogen-bond donors (Lipinski definition) is 1. The van der Waals surface area contributed by atoms with E-state index in [0.717, 1.165) is 5.56 Å². The third-order valence-electron chi connectivity index (χ3n) is 4.35. The molecule has 8 heteroatoms. The third-order valence-corrected chi connectivity index (χ3v) is 4.35. The summed E-state index contributed by atoms with van der Waals surface area (Å²) in [4.78, 5) is 11.3. The van der Waals surface area contributed by atoms with Crippen molar-refractivity contribution in [1.82, 2.24) is 0 Å². The first kappa shape index (κ1) is 22.5. The second kappa shape index (κ2) is 9.65. The van der Waals surface area contributed by atoms with Gasteiger partial charge in [-0.25, -0.2) is 0 Å². The number of carboxylic acid groups (broad SMARTS) is 1. The van der Waals surface area contributed by atoms with Crippen molar-refractivity contribution in [3.05, 3.63) is 59.7 Å². The largest absolute Gasteiger partial charge is 0.573 e. The van der Waals surface area contributed by atoms with Gasteiger partial charge in [-0.3, -0.25) is 4.79 Å². The molecule has 0 fully saturated rings. The van der Waals surface area contributed by atoms with Crippen molar-refractivity contribution in [2.45, 2.75) is 45.3 Å². The Labute approximate surface area is 167 Å². The monoisotopic (exact) mass is 412 g/mol. The van der Waals surface area contributed by atoms with E-state index in [-0.39, 0.29) is 18.8 Å². The molecule has 5 nitrogen and oxygen atoms in total. The van der Waals surface area contributed by atoms with Gasteiger partial charge in [0.2, 0.25) is 0 Å². The molecule has 0 saturated heterocycles. The van der Waals surface area contributed by atoms with Crippen molar-refractivity contribution in [3.63, 3.8) is 0 Å². The fourth-order valence-electron chi connectivity index (χ4n) is 3.04. The summed E-state index contributed by atoms with van der Waals surface area (Å²) < 4.78 is 52.3. The van der Waals surface area contributed by atoms with E-state index in [1.807, 2.05) is 6.92 Å². The number of rotatable bonds is 10. The fraction of sp³-hybridized carbons (Fsp3) is 0.381. The van der Waals surface area contributed by atoms with Crippen molar-refractivity contribution in [3.8, 4) is 11.5 Å². The van der Waals surface area contributed by atoms with Crippen LogP contribution in [0.2, 0.25) is 0 Å². The average molecular weight is 412 g/mol. The van der Waals surface area contributed by atoms with Gasteiger partial charge in [-0.05, 0) is 48.7 Å². The molecule has 2 aromatic rings. The summed E-state index contributed by atoms with van der Waals surface area (Å²) in [6.45, 7) is 4.09. The molecule has 0 bridgehead atoms. The second-order valence-corrected chi connectivity index (χ2v) is 6.36. The number of ether oxygens (including phenoxy) is 3. The standard InChI is InChI=1S/C21H23F3O5/c1-3-20(28-4-2,13-19(25)26)16-8-10-17(11-9-16)27-14-15-6-5-7-18(12-15)29-21(22,23)24/h5-12H,3-4,13-14H2,1-2H3,(H,25,26). The molecule has 0 aliphatic rings. The molecular formula is C21H23F3O5. The third kappa shape index (κ3) is 6.67. The Morgan fingerprint density at radius 1 is 1.03 bits per heavy atom. The van der Waals surface area contributed by atoms with Gasteiger partial charge in [-0.15, -0.1) is 13.2 Å². The first-order chi connectivity index (χ1) is 13.7. The summed E-state index contributed by atoms with van der Waals surface area (Å²) in [5, 5.41) is 9.24. The van der Waals surface area contributed by atoms with Crippen LogP contribution in [0.15, 0.2) is 48.5 Å². The maximum atomic E-state index is 12.3. The molecule has 29 heavy (non-hydrogen) atoms. The molecule has 0 aliphatic carbocycles. The van der Waals surface area contributed by atoms with Crippen LogP contribution in [0.3, 0.4) is 0 Å². The number of halogens is 3. The van der Waals surface area contributed by atoms with E-state index in [1.165, 1.54) is 18.2 Å². The highest BCUT2D eigenvalue weighted by Gasteiger charge is 2.34. The van der Waals surface area contributed by atoms with Crippen LogP contribution in [0.25, 0.3) is 0 Å². The zero-order valence-electron chi connectivity index (χ0n) is 16.2. The Balaban J connectivity index is 2.09. The normalized spacial score (nSPS) is 13.6. The van der Waals surface area contributed by atoms with Gasteiger partial charge in [0.1, 0.15) is 23.7 Å². The van der Waals surface area contributed by atoms with Crippen LogP contribution >= 0.6 is 0 Å². The quantitative estimate of drug-likeness (QED) is 0.575. The van der Waals surface area contributed by atoms with Crippen LogP contribution in [0.4, 0.5) is 13.2 Å². The van der Waals surface area contributed by atoms with Crippen molar-refractivity contribution in [2.75, 3.05) is 6.61 Å². The Hall–Kier alpha value is -2.74. The molecule has 1 N–H and O–H groups in total. The summed E-state index contributed by atoms with van der Waals surface area (Å²) in [5.41, 5.74) is 0.304. The molecule has 0 aliphatic heterocycles. The maximum Gasteiger partial charge on any atom is 0.573 e.